The molecule has 2 unspecified atom stereocenters. The standard InChI is InChI=1S/C17H35N.C16H33N.2C2H4O2/c1-3-5-6-7-8-9-10-14-18-15-11-13-17(16-18)12-4-2;1-3-5-6-7-8-9-10-13-17-14-11-12-16(4-2)15-17;2*1-2(3)4/h17H,3-16H2,1-2H3;16H,3-15H2,1-2H3;2*1H3,(H,3,4). The van der Waals surface area contributed by atoms with Crippen LogP contribution in [0.4, 0.5) is 0 Å². The van der Waals surface area contributed by atoms with Gasteiger partial charge in [-0.15, -0.1) is 0 Å². The van der Waals surface area contributed by atoms with Gasteiger partial charge in [0.15, 0.2) is 0 Å². The summed E-state index contributed by atoms with van der Waals surface area (Å²) in [5.74, 6) is 0.335. The minimum absolute atomic E-state index is 0.833. The molecule has 258 valence electrons. The van der Waals surface area contributed by atoms with Crippen LogP contribution in [-0.4, -0.2) is 71.2 Å². The van der Waals surface area contributed by atoms with Crippen LogP contribution in [0.2, 0.25) is 0 Å². The lowest BCUT2D eigenvalue weighted by atomic mass is 9.93. The number of likely N-dealkylation sites (tertiary alicyclic amines) is 2. The second-order valence-corrected chi connectivity index (χ2v) is 13.1. The summed E-state index contributed by atoms with van der Waals surface area (Å²) in [7, 11) is 0. The van der Waals surface area contributed by atoms with E-state index in [1.165, 1.54) is 174 Å². The summed E-state index contributed by atoms with van der Waals surface area (Å²) in [5, 5.41) is 14.8. The molecule has 2 fully saturated rings. The molecule has 0 aromatic carbocycles. The lowest BCUT2D eigenvalue weighted by Gasteiger charge is -2.32. The van der Waals surface area contributed by atoms with Gasteiger partial charge in [-0.25, -0.2) is 0 Å². The molecule has 2 aliphatic heterocycles. The van der Waals surface area contributed by atoms with E-state index in [4.69, 9.17) is 19.8 Å². The molecule has 2 saturated heterocycles. The minimum Gasteiger partial charge on any atom is -0.481 e. The molecule has 0 bridgehead atoms. The van der Waals surface area contributed by atoms with Gasteiger partial charge >= 0.3 is 0 Å². The normalized spacial score (nSPS) is 18.7. The number of carbonyl (C=O) groups is 2. The lowest BCUT2D eigenvalue weighted by Crippen LogP contribution is -2.35. The zero-order chi connectivity index (χ0) is 32.6. The predicted octanol–water partition coefficient (Wildman–Crippen LogP) is 10.3. The fourth-order valence-corrected chi connectivity index (χ4v) is 6.27. The van der Waals surface area contributed by atoms with Crippen molar-refractivity contribution in [1.29, 1.82) is 0 Å². The van der Waals surface area contributed by atoms with Crippen LogP contribution in [0.25, 0.3) is 0 Å². The molecular formula is C37H76N2O4. The van der Waals surface area contributed by atoms with Crippen LogP contribution < -0.4 is 0 Å². The summed E-state index contributed by atoms with van der Waals surface area (Å²) >= 11 is 0. The number of rotatable bonds is 19. The first-order valence-electron chi connectivity index (χ1n) is 18.5. The Labute approximate surface area is 268 Å². The van der Waals surface area contributed by atoms with Gasteiger partial charge in [-0.3, -0.25) is 9.59 Å². The quantitative estimate of drug-likeness (QED) is 0.141. The Balaban J connectivity index is 0. The van der Waals surface area contributed by atoms with Gasteiger partial charge in [-0.2, -0.15) is 0 Å². The molecule has 2 atom stereocenters. The molecule has 6 nitrogen and oxygen atoms in total. The Hall–Kier alpha value is -1.14. The van der Waals surface area contributed by atoms with Crippen LogP contribution >= 0.6 is 0 Å². The highest BCUT2D eigenvalue weighted by molar-refractivity contribution is 5.63. The number of hydrogen-bond acceptors (Lipinski definition) is 4. The van der Waals surface area contributed by atoms with E-state index >= 15 is 0 Å². The van der Waals surface area contributed by atoms with Crippen LogP contribution in [0.5, 0.6) is 0 Å². The first-order chi connectivity index (χ1) is 20.7. The Morgan fingerprint density at radius 2 is 0.907 bits per heavy atom. The van der Waals surface area contributed by atoms with Crippen molar-refractivity contribution >= 4 is 11.9 Å². The molecule has 2 heterocycles. The van der Waals surface area contributed by atoms with Gasteiger partial charge in [-0.05, 0) is 83.0 Å². The van der Waals surface area contributed by atoms with E-state index in [-0.39, 0.29) is 0 Å². The van der Waals surface area contributed by atoms with Crippen molar-refractivity contribution < 1.29 is 19.8 Å². The maximum Gasteiger partial charge on any atom is 0.300 e. The second kappa shape index (κ2) is 33.7. The van der Waals surface area contributed by atoms with Gasteiger partial charge < -0.3 is 20.0 Å². The van der Waals surface area contributed by atoms with Crippen molar-refractivity contribution in [3.05, 3.63) is 0 Å². The number of aliphatic carboxylic acids is 2. The Morgan fingerprint density at radius 1 is 0.558 bits per heavy atom. The SMILES string of the molecule is CC(=O)O.CC(=O)O.CCCCCCCCCN1CCCC(CC)C1.CCCCCCCCCN1CCCC(CCC)C1. The van der Waals surface area contributed by atoms with Gasteiger partial charge in [-0.1, -0.05) is 118 Å². The van der Waals surface area contributed by atoms with E-state index in [9.17, 15) is 0 Å². The molecule has 0 amide bonds. The molecular weight excluding hydrogens is 536 g/mol. The summed E-state index contributed by atoms with van der Waals surface area (Å²) in [6, 6.07) is 0. The van der Waals surface area contributed by atoms with E-state index in [1.54, 1.807) is 0 Å². The highest BCUT2D eigenvalue weighted by Crippen LogP contribution is 2.21. The van der Waals surface area contributed by atoms with Crippen LogP contribution in [0.15, 0.2) is 0 Å². The molecule has 0 radical (unpaired) electrons. The van der Waals surface area contributed by atoms with E-state index in [2.05, 4.69) is 37.5 Å². The molecule has 2 rings (SSSR count). The third-order valence-electron chi connectivity index (χ3n) is 8.64. The Bertz CT molecular complexity index is 579. The van der Waals surface area contributed by atoms with Crippen molar-refractivity contribution in [2.75, 3.05) is 39.3 Å². The summed E-state index contributed by atoms with van der Waals surface area (Å²) < 4.78 is 0. The van der Waals surface area contributed by atoms with E-state index < -0.39 is 11.9 Å². The van der Waals surface area contributed by atoms with Crippen molar-refractivity contribution in [2.45, 2.75) is 176 Å². The van der Waals surface area contributed by atoms with E-state index in [0.29, 0.717) is 0 Å². The molecule has 0 spiro atoms. The van der Waals surface area contributed by atoms with Gasteiger partial charge in [0.2, 0.25) is 0 Å². The molecule has 0 aliphatic carbocycles. The first-order valence-corrected chi connectivity index (χ1v) is 18.5. The lowest BCUT2D eigenvalue weighted by molar-refractivity contribution is -0.135. The zero-order valence-electron chi connectivity index (χ0n) is 29.9. The van der Waals surface area contributed by atoms with Gasteiger partial charge in [0, 0.05) is 26.9 Å². The Kier molecular flexibility index (Phi) is 34.5. The average Bonchev–Trinajstić information content (AvgIpc) is 2.96. The largest absolute Gasteiger partial charge is 0.481 e. The topological polar surface area (TPSA) is 81.1 Å². The van der Waals surface area contributed by atoms with Gasteiger partial charge in [0.05, 0.1) is 0 Å². The van der Waals surface area contributed by atoms with E-state index in [1.807, 2.05) is 0 Å². The summed E-state index contributed by atoms with van der Waals surface area (Å²) in [5.41, 5.74) is 0. The van der Waals surface area contributed by atoms with Gasteiger partial charge in [0.25, 0.3) is 11.9 Å². The number of unbranched alkanes of at least 4 members (excludes halogenated alkanes) is 12. The number of piperidine rings is 2. The molecule has 6 heteroatoms. The number of nitrogens with zero attached hydrogens (tertiary/aromatic N) is 2. The summed E-state index contributed by atoms with van der Waals surface area (Å²) in [6.07, 6.45) is 30.2. The van der Waals surface area contributed by atoms with Crippen LogP contribution in [0.1, 0.15) is 176 Å². The molecule has 0 aromatic heterocycles. The second-order valence-electron chi connectivity index (χ2n) is 13.1. The third kappa shape index (κ3) is 35.2. The maximum absolute atomic E-state index is 9.00. The third-order valence-corrected chi connectivity index (χ3v) is 8.64. The molecule has 0 aromatic rings. The van der Waals surface area contributed by atoms with Crippen LogP contribution in [0.3, 0.4) is 0 Å². The smallest absolute Gasteiger partial charge is 0.300 e. The summed E-state index contributed by atoms with van der Waals surface area (Å²) in [4.78, 5) is 23.4. The summed E-state index contributed by atoms with van der Waals surface area (Å²) in [6.45, 7) is 19.7. The van der Waals surface area contributed by atoms with Crippen molar-refractivity contribution in [3.8, 4) is 0 Å². The van der Waals surface area contributed by atoms with Crippen molar-refractivity contribution in [3.63, 3.8) is 0 Å². The molecule has 43 heavy (non-hydrogen) atoms. The first kappa shape index (κ1) is 44.0. The number of carboxylic acid groups (broad SMARTS) is 2. The highest BCUT2D eigenvalue weighted by atomic mass is 16.4. The molecule has 2 aliphatic rings. The number of carboxylic acids is 2. The molecule has 2 N–H and O–H groups in total. The van der Waals surface area contributed by atoms with E-state index in [0.717, 1.165) is 25.7 Å². The monoisotopic (exact) mass is 613 g/mol. The minimum atomic E-state index is -0.833. The fraction of sp³-hybridized carbons (Fsp3) is 0.946. The predicted molar refractivity (Wildman–Crippen MR) is 186 cm³/mol. The van der Waals surface area contributed by atoms with Crippen molar-refractivity contribution in [2.24, 2.45) is 11.8 Å². The van der Waals surface area contributed by atoms with Crippen molar-refractivity contribution in [1.82, 2.24) is 9.80 Å². The highest BCUT2D eigenvalue weighted by Gasteiger charge is 2.18. The average molecular weight is 613 g/mol. The van der Waals surface area contributed by atoms with Crippen LogP contribution in [0, 0.1) is 11.8 Å². The Morgan fingerprint density at radius 3 is 1.28 bits per heavy atom. The van der Waals surface area contributed by atoms with Crippen LogP contribution in [-0.2, 0) is 9.59 Å². The number of hydrogen-bond donors (Lipinski definition) is 2. The fourth-order valence-electron chi connectivity index (χ4n) is 6.27. The molecule has 0 saturated carbocycles. The maximum atomic E-state index is 9.00. The zero-order valence-corrected chi connectivity index (χ0v) is 29.9. The van der Waals surface area contributed by atoms with Gasteiger partial charge in [0.1, 0.15) is 0 Å².